The van der Waals surface area contributed by atoms with E-state index in [1.807, 2.05) is 32.9 Å². The average Bonchev–Trinajstić information content (AvgIpc) is 2.54. The van der Waals surface area contributed by atoms with Crippen molar-refractivity contribution in [2.45, 2.75) is 46.1 Å². The van der Waals surface area contributed by atoms with Gasteiger partial charge in [-0.05, 0) is 51.5 Å². The van der Waals surface area contributed by atoms with Crippen LogP contribution in [0.3, 0.4) is 0 Å². The summed E-state index contributed by atoms with van der Waals surface area (Å²) in [6.07, 6.45) is 2.00. The second-order valence-corrected chi connectivity index (χ2v) is 7.15. The first-order valence-electron chi connectivity index (χ1n) is 8.85. The smallest absolute Gasteiger partial charge is 0.410 e. The summed E-state index contributed by atoms with van der Waals surface area (Å²) in [6.45, 7) is 11.6. The molecule has 1 aromatic carbocycles. The Hall–Kier alpha value is -1.91. The normalized spacial score (nSPS) is 15.3. The number of unbranched alkanes of at least 4 members (excludes halogenated alkanes) is 1. The van der Waals surface area contributed by atoms with Gasteiger partial charge in [0.15, 0.2) is 0 Å². The number of ether oxygens (including phenoxy) is 2. The zero-order valence-electron chi connectivity index (χ0n) is 15.4. The van der Waals surface area contributed by atoms with Gasteiger partial charge in [0.25, 0.3) is 0 Å². The minimum Gasteiger partial charge on any atom is -0.494 e. The van der Waals surface area contributed by atoms with Gasteiger partial charge in [-0.2, -0.15) is 0 Å². The van der Waals surface area contributed by atoms with Gasteiger partial charge in [0.2, 0.25) is 0 Å². The highest BCUT2D eigenvalue weighted by atomic mass is 16.6. The predicted molar refractivity (Wildman–Crippen MR) is 96.9 cm³/mol. The van der Waals surface area contributed by atoms with Gasteiger partial charge in [0.1, 0.15) is 11.4 Å². The Morgan fingerprint density at radius 2 is 1.71 bits per heavy atom. The number of carbonyl (C=O) groups excluding carboxylic acids is 1. The maximum absolute atomic E-state index is 12.1. The molecule has 5 heteroatoms. The summed E-state index contributed by atoms with van der Waals surface area (Å²) >= 11 is 0. The number of hydrogen-bond acceptors (Lipinski definition) is 4. The minimum absolute atomic E-state index is 0.221. The molecule has 24 heavy (non-hydrogen) atoms. The molecule has 0 saturated carbocycles. The van der Waals surface area contributed by atoms with Gasteiger partial charge in [0.05, 0.1) is 6.61 Å². The molecule has 0 bridgehead atoms. The molecule has 1 amide bonds. The van der Waals surface area contributed by atoms with Gasteiger partial charge < -0.3 is 19.3 Å². The Morgan fingerprint density at radius 1 is 1.08 bits per heavy atom. The summed E-state index contributed by atoms with van der Waals surface area (Å²) < 4.78 is 11.1. The SMILES string of the molecule is CCCCOc1ccc(N2CCN(C(=O)OC(C)(C)C)CC2)cc1. The minimum atomic E-state index is -0.443. The molecule has 0 aliphatic carbocycles. The lowest BCUT2D eigenvalue weighted by Crippen LogP contribution is -2.50. The van der Waals surface area contributed by atoms with E-state index >= 15 is 0 Å². The zero-order chi connectivity index (χ0) is 17.6. The van der Waals surface area contributed by atoms with E-state index in [2.05, 4.69) is 24.0 Å². The topological polar surface area (TPSA) is 42.0 Å². The molecule has 0 radical (unpaired) electrons. The number of benzene rings is 1. The largest absolute Gasteiger partial charge is 0.494 e. The number of amides is 1. The number of rotatable bonds is 5. The van der Waals surface area contributed by atoms with Gasteiger partial charge in [-0.3, -0.25) is 0 Å². The Kier molecular flexibility index (Phi) is 6.35. The van der Waals surface area contributed by atoms with Crippen molar-refractivity contribution in [3.63, 3.8) is 0 Å². The molecule has 1 saturated heterocycles. The lowest BCUT2D eigenvalue weighted by Gasteiger charge is -2.36. The molecule has 0 aromatic heterocycles. The number of carbonyl (C=O) groups is 1. The van der Waals surface area contributed by atoms with Crippen molar-refractivity contribution in [3.05, 3.63) is 24.3 Å². The van der Waals surface area contributed by atoms with Crippen LogP contribution in [0.2, 0.25) is 0 Å². The van der Waals surface area contributed by atoms with Crippen LogP contribution in [0.25, 0.3) is 0 Å². The zero-order valence-corrected chi connectivity index (χ0v) is 15.4. The van der Waals surface area contributed by atoms with Crippen molar-refractivity contribution in [2.24, 2.45) is 0 Å². The van der Waals surface area contributed by atoms with Crippen LogP contribution >= 0.6 is 0 Å². The summed E-state index contributed by atoms with van der Waals surface area (Å²) in [5, 5.41) is 0. The highest BCUT2D eigenvalue weighted by Crippen LogP contribution is 2.21. The van der Waals surface area contributed by atoms with Gasteiger partial charge in [-0.1, -0.05) is 13.3 Å². The van der Waals surface area contributed by atoms with Gasteiger partial charge in [0, 0.05) is 31.9 Å². The van der Waals surface area contributed by atoms with Crippen LogP contribution in [0.4, 0.5) is 10.5 Å². The van der Waals surface area contributed by atoms with Crippen molar-refractivity contribution < 1.29 is 14.3 Å². The van der Waals surface area contributed by atoms with E-state index in [1.54, 1.807) is 4.90 Å². The predicted octanol–water partition coefficient (Wildman–Crippen LogP) is 3.92. The van der Waals surface area contributed by atoms with Crippen LogP contribution < -0.4 is 9.64 Å². The van der Waals surface area contributed by atoms with Crippen molar-refractivity contribution >= 4 is 11.8 Å². The van der Waals surface area contributed by atoms with Crippen molar-refractivity contribution in [1.29, 1.82) is 0 Å². The molecule has 0 spiro atoms. The molecule has 0 N–H and O–H groups in total. The second kappa shape index (κ2) is 8.27. The third-order valence-electron chi connectivity index (χ3n) is 3.90. The lowest BCUT2D eigenvalue weighted by molar-refractivity contribution is 0.0240. The first kappa shape index (κ1) is 18.4. The molecule has 134 valence electrons. The first-order valence-corrected chi connectivity index (χ1v) is 8.85. The Balaban J connectivity index is 1.82. The Labute approximate surface area is 145 Å². The van der Waals surface area contributed by atoms with Crippen LogP contribution in [0.5, 0.6) is 5.75 Å². The fourth-order valence-corrected chi connectivity index (χ4v) is 2.56. The molecule has 0 atom stereocenters. The first-order chi connectivity index (χ1) is 11.4. The van der Waals surface area contributed by atoms with E-state index in [1.165, 1.54) is 5.69 Å². The molecule has 1 heterocycles. The van der Waals surface area contributed by atoms with Crippen molar-refractivity contribution in [3.8, 4) is 5.75 Å². The van der Waals surface area contributed by atoms with Gasteiger partial charge in [-0.15, -0.1) is 0 Å². The Morgan fingerprint density at radius 3 is 2.25 bits per heavy atom. The summed E-state index contributed by atoms with van der Waals surface area (Å²) in [5.74, 6) is 0.916. The van der Waals surface area contributed by atoms with E-state index in [0.717, 1.165) is 38.3 Å². The summed E-state index contributed by atoms with van der Waals surface area (Å²) in [6, 6.07) is 8.21. The van der Waals surface area contributed by atoms with Crippen LogP contribution in [0, 0.1) is 0 Å². The van der Waals surface area contributed by atoms with E-state index < -0.39 is 5.60 Å². The second-order valence-electron chi connectivity index (χ2n) is 7.15. The van der Waals surface area contributed by atoms with Gasteiger partial charge in [-0.25, -0.2) is 4.79 Å². The quantitative estimate of drug-likeness (QED) is 0.765. The monoisotopic (exact) mass is 334 g/mol. The van der Waals surface area contributed by atoms with Gasteiger partial charge >= 0.3 is 6.09 Å². The number of hydrogen-bond donors (Lipinski definition) is 0. The van der Waals surface area contributed by atoms with Crippen molar-refractivity contribution in [1.82, 2.24) is 4.90 Å². The molecule has 1 aliphatic heterocycles. The summed E-state index contributed by atoms with van der Waals surface area (Å²) in [7, 11) is 0. The molecule has 1 aliphatic rings. The number of piperazine rings is 1. The molecular weight excluding hydrogens is 304 g/mol. The van der Waals surface area contributed by atoms with Crippen LogP contribution in [-0.2, 0) is 4.74 Å². The standard InChI is InChI=1S/C19H30N2O3/c1-5-6-15-23-17-9-7-16(8-10-17)20-11-13-21(14-12-20)18(22)24-19(2,3)4/h7-10H,5-6,11-15H2,1-4H3. The van der Waals surface area contributed by atoms with E-state index in [0.29, 0.717) is 13.1 Å². The lowest BCUT2D eigenvalue weighted by atomic mass is 10.2. The van der Waals surface area contributed by atoms with Crippen molar-refractivity contribution in [2.75, 3.05) is 37.7 Å². The molecule has 1 aromatic rings. The average molecular weight is 334 g/mol. The van der Waals surface area contributed by atoms with Crippen LogP contribution in [0.1, 0.15) is 40.5 Å². The number of anilines is 1. The molecular formula is C19H30N2O3. The number of nitrogens with zero attached hydrogens (tertiary/aromatic N) is 2. The maximum Gasteiger partial charge on any atom is 0.410 e. The molecule has 2 rings (SSSR count). The molecule has 5 nitrogen and oxygen atoms in total. The highest BCUT2D eigenvalue weighted by molar-refractivity contribution is 5.68. The fourth-order valence-electron chi connectivity index (χ4n) is 2.56. The Bertz CT molecular complexity index is 514. The summed E-state index contributed by atoms with van der Waals surface area (Å²) in [5.41, 5.74) is 0.726. The molecule has 1 fully saturated rings. The van der Waals surface area contributed by atoms with E-state index in [9.17, 15) is 4.79 Å². The fraction of sp³-hybridized carbons (Fsp3) is 0.632. The highest BCUT2D eigenvalue weighted by Gasteiger charge is 2.25. The maximum atomic E-state index is 12.1. The van der Waals surface area contributed by atoms with Crippen LogP contribution in [-0.4, -0.2) is 49.4 Å². The summed E-state index contributed by atoms with van der Waals surface area (Å²) in [4.78, 5) is 16.2. The van der Waals surface area contributed by atoms with E-state index in [4.69, 9.17) is 9.47 Å². The molecule has 0 unspecified atom stereocenters. The third kappa shape index (κ3) is 5.62. The van der Waals surface area contributed by atoms with Crippen LogP contribution in [0.15, 0.2) is 24.3 Å². The van der Waals surface area contributed by atoms with E-state index in [-0.39, 0.29) is 6.09 Å². The third-order valence-corrected chi connectivity index (χ3v) is 3.90.